The zero-order valence-corrected chi connectivity index (χ0v) is 22.4. The Morgan fingerprint density at radius 3 is 2.16 bits per heavy atom. The molecule has 0 aliphatic heterocycles. The number of aromatic nitrogens is 3. The average Bonchev–Trinajstić information content (AvgIpc) is 2.82. The van der Waals surface area contributed by atoms with Crippen LogP contribution in [-0.2, 0) is 0 Å². The Morgan fingerprint density at radius 1 is 1.00 bits per heavy atom. The van der Waals surface area contributed by atoms with Crippen LogP contribution in [0, 0.1) is 0 Å². The third kappa shape index (κ3) is 10.1. The van der Waals surface area contributed by atoms with E-state index < -0.39 is 30.4 Å². The number of phenolic OH excluding ortho intramolecular Hbond substituents is 1. The highest BCUT2D eigenvalue weighted by molar-refractivity contribution is 9.10. The SMILES string of the molecule is CCCCCN(CCCCC)c1nc(N/N=C\c2cc(Br)ccc2O)nc(OC(C(F)(F)F)C(F)(F)F)n1. The number of halogens is 7. The topological polar surface area (TPSA) is 95.8 Å². The van der Waals surface area contributed by atoms with Gasteiger partial charge in [-0.25, -0.2) is 5.43 Å². The summed E-state index contributed by atoms with van der Waals surface area (Å²) in [6.45, 7) is 4.84. The van der Waals surface area contributed by atoms with E-state index in [1.165, 1.54) is 18.3 Å². The zero-order chi connectivity index (χ0) is 28.3. The van der Waals surface area contributed by atoms with Gasteiger partial charge in [0.25, 0.3) is 12.1 Å². The number of anilines is 2. The summed E-state index contributed by atoms with van der Waals surface area (Å²) in [4.78, 5) is 13.2. The van der Waals surface area contributed by atoms with Crippen molar-refractivity contribution in [2.45, 2.75) is 70.8 Å². The van der Waals surface area contributed by atoms with Crippen molar-refractivity contribution in [2.75, 3.05) is 23.4 Å². The number of rotatable bonds is 14. The number of alkyl halides is 6. The van der Waals surface area contributed by atoms with Gasteiger partial charge in [-0.15, -0.1) is 0 Å². The van der Waals surface area contributed by atoms with Crippen molar-refractivity contribution in [1.29, 1.82) is 0 Å². The zero-order valence-electron chi connectivity index (χ0n) is 20.8. The molecular formula is C23H29BrF6N6O2. The van der Waals surface area contributed by atoms with Gasteiger partial charge in [0.15, 0.2) is 0 Å². The molecule has 1 aromatic carbocycles. The van der Waals surface area contributed by atoms with E-state index in [4.69, 9.17) is 0 Å². The van der Waals surface area contributed by atoms with Crippen molar-refractivity contribution in [3.63, 3.8) is 0 Å². The van der Waals surface area contributed by atoms with Gasteiger partial charge in [0, 0.05) is 23.1 Å². The maximum absolute atomic E-state index is 13.1. The number of aromatic hydroxyl groups is 1. The van der Waals surface area contributed by atoms with Crippen molar-refractivity contribution in [2.24, 2.45) is 5.10 Å². The largest absolute Gasteiger partial charge is 0.507 e. The first-order chi connectivity index (χ1) is 17.8. The summed E-state index contributed by atoms with van der Waals surface area (Å²) in [6.07, 6.45) is -9.53. The molecule has 38 heavy (non-hydrogen) atoms. The van der Waals surface area contributed by atoms with Crippen LogP contribution in [0.1, 0.15) is 57.9 Å². The first-order valence-corrected chi connectivity index (χ1v) is 12.7. The summed E-state index contributed by atoms with van der Waals surface area (Å²) in [5.41, 5.74) is 2.64. The number of phenols is 1. The Labute approximate surface area is 224 Å². The summed E-state index contributed by atoms with van der Waals surface area (Å²) in [6, 6.07) is 3.37. The van der Waals surface area contributed by atoms with Crippen LogP contribution in [0.4, 0.5) is 38.2 Å². The van der Waals surface area contributed by atoms with Gasteiger partial charge in [0.05, 0.1) is 6.21 Å². The second-order valence-corrected chi connectivity index (χ2v) is 9.21. The molecule has 0 amide bonds. The Hall–Kier alpha value is -2.84. The summed E-state index contributed by atoms with van der Waals surface area (Å²) in [5, 5.41) is 13.8. The van der Waals surface area contributed by atoms with Crippen molar-refractivity contribution >= 4 is 34.0 Å². The van der Waals surface area contributed by atoms with Gasteiger partial charge < -0.3 is 14.7 Å². The number of hydrogen-bond donors (Lipinski definition) is 2. The second kappa shape index (κ2) is 14.4. The molecule has 2 N–H and O–H groups in total. The van der Waals surface area contributed by atoms with Crippen molar-refractivity contribution in [3.8, 4) is 11.8 Å². The standard InChI is InChI=1S/C23H29BrF6N6O2/c1-3-5-7-11-36(12-8-6-4-2)20-32-19(35-31-14-15-13-16(24)9-10-17(15)37)33-21(34-20)38-18(22(25,26)27)23(28,29)30/h9-10,13-14,18,37H,3-8,11-12H2,1-2H3,(H,32,33,34,35)/b31-14-. The van der Waals surface area contributed by atoms with E-state index in [0.717, 1.165) is 25.7 Å². The van der Waals surface area contributed by atoms with E-state index in [0.29, 0.717) is 30.4 Å². The Bertz CT molecular complexity index is 1030. The maximum Gasteiger partial charge on any atom is 0.434 e. The smallest absolute Gasteiger partial charge is 0.434 e. The molecule has 0 aliphatic rings. The molecule has 0 atom stereocenters. The summed E-state index contributed by atoms with van der Waals surface area (Å²) < 4.78 is 83.7. The van der Waals surface area contributed by atoms with Gasteiger partial charge in [0.2, 0.25) is 5.95 Å². The van der Waals surface area contributed by atoms with Crippen molar-refractivity contribution in [1.82, 2.24) is 15.0 Å². The molecule has 1 aromatic heterocycles. The van der Waals surface area contributed by atoms with Crippen molar-refractivity contribution in [3.05, 3.63) is 28.2 Å². The molecule has 0 saturated carbocycles. The van der Waals surface area contributed by atoms with Crippen LogP contribution in [0.3, 0.4) is 0 Å². The molecule has 0 fully saturated rings. The normalized spacial score (nSPS) is 12.4. The predicted octanol–water partition coefficient (Wildman–Crippen LogP) is 6.84. The fourth-order valence-electron chi connectivity index (χ4n) is 3.22. The van der Waals surface area contributed by atoms with Crippen LogP contribution in [0.15, 0.2) is 27.8 Å². The number of benzene rings is 1. The van der Waals surface area contributed by atoms with Crippen LogP contribution < -0.4 is 15.1 Å². The van der Waals surface area contributed by atoms with Gasteiger partial charge in [-0.3, -0.25) is 0 Å². The summed E-state index contributed by atoms with van der Waals surface area (Å²) >= 11 is 3.24. The Kier molecular flexibility index (Phi) is 11.9. The minimum atomic E-state index is -5.75. The van der Waals surface area contributed by atoms with E-state index in [2.05, 4.69) is 46.1 Å². The van der Waals surface area contributed by atoms with Crippen molar-refractivity contribution < 1.29 is 36.2 Å². The van der Waals surface area contributed by atoms with Gasteiger partial charge in [-0.1, -0.05) is 55.5 Å². The van der Waals surface area contributed by atoms with Crippen LogP contribution in [-0.4, -0.2) is 57.8 Å². The number of nitrogens with one attached hydrogen (secondary N) is 1. The minimum Gasteiger partial charge on any atom is -0.507 e. The summed E-state index contributed by atoms with van der Waals surface area (Å²) in [7, 11) is 0. The molecule has 0 unspecified atom stereocenters. The molecule has 2 aromatic rings. The van der Waals surface area contributed by atoms with E-state index in [1.54, 1.807) is 11.0 Å². The lowest BCUT2D eigenvalue weighted by Crippen LogP contribution is -2.47. The third-order valence-electron chi connectivity index (χ3n) is 5.12. The quantitative estimate of drug-likeness (QED) is 0.104. The monoisotopic (exact) mass is 614 g/mol. The van der Waals surface area contributed by atoms with Gasteiger partial charge >= 0.3 is 18.4 Å². The highest BCUT2D eigenvalue weighted by Crippen LogP contribution is 2.36. The highest BCUT2D eigenvalue weighted by Gasteiger charge is 2.59. The van der Waals surface area contributed by atoms with Crippen LogP contribution >= 0.6 is 15.9 Å². The molecule has 0 spiro atoms. The minimum absolute atomic E-state index is 0.115. The second-order valence-electron chi connectivity index (χ2n) is 8.30. The summed E-state index contributed by atoms with van der Waals surface area (Å²) in [5.74, 6) is -0.696. The predicted molar refractivity (Wildman–Crippen MR) is 135 cm³/mol. The molecule has 2 rings (SSSR count). The molecule has 0 aliphatic carbocycles. The molecule has 0 radical (unpaired) electrons. The van der Waals surface area contributed by atoms with E-state index in [9.17, 15) is 31.4 Å². The Morgan fingerprint density at radius 2 is 1.61 bits per heavy atom. The lowest BCUT2D eigenvalue weighted by Gasteiger charge is -2.25. The fraction of sp³-hybridized carbons (Fsp3) is 0.565. The number of ether oxygens (including phenoxy) is 1. The van der Waals surface area contributed by atoms with Gasteiger partial charge in [-0.2, -0.15) is 46.4 Å². The fourth-order valence-corrected chi connectivity index (χ4v) is 3.60. The third-order valence-corrected chi connectivity index (χ3v) is 5.62. The Balaban J connectivity index is 2.45. The first-order valence-electron chi connectivity index (χ1n) is 11.9. The number of hydrazone groups is 1. The lowest BCUT2D eigenvalue weighted by molar-refractivity contribution is -0.301. The van der Waals surface area contributed by atoms with Crippen LogP contribution in [0.25, 0.3) is 0 Å². The maximum atomic E-state index is 13.1. The molecule has 8 nitrogen and oxygen atoms in total. The first kappa shape index (κ1) is 31.4. The molecule has 0 saturated heterocycles. The van der Waals surface area contributed by atoms with Crippen LogP contribution in [0.5, 0.6) is 11.8 Å². The average molecular weight is 615 g/mol. The van der Waals surface area contributed by atoms with Crippen LogP contribution in [0.2, 0.25) is 0 Å². The molecule has 15 heteroatoms. The number of unbranched alkanes of at least 4 members (excludes halogenated alkanes) is 4. The molecule has 1 heterocycles. The number of hydrogen-bond acceptors (Lipinski definition) is 8. The molecular weight excluding hydrogens is 586 g/mol. The van der Waals surface area contributed by atoms with Gasteiger partial charge in [-0.05, 0) is 31.0 Å². The van der Waals surface area contributed by atoms with Gasteiger partial charge in [0.1, 0.15) is 5.75 Å². The molecule has 0 bridgehead atoms. The van der Waals surface area contributed by atoms with E-state index in [-0.39, 0.29) is 17.3 Å². The van der Waals surface area contributed by atoms with E-state index in [1.807, 2.05) is 13.8 Å². The number of nitrogens with zero attached hydrogens (tertiary/aromatic N) is 5. The van der Waals surface area contributed by atoms with E-state index >= 15 is 0 Å². The lowest BCUT2D eigenvalue weighted by atomic mass is 10.2. The highest BCUT2D eigenvalue weighted by atomic mass is 79.9. The molecule has 212 valence electrons.